The van der Waals surface area contributed by atoms with Gasteiger partial charge in [0.25, 0.3) is 0 Å². The molecule has 0 aliphatic carbocycles. The molecule has 2 heterocycles. The number of aromatic nitrogens is 2. The average molecular weight is 326 g/mol. The van der Waals surface area contributed by atoms with E-state index in [0.29, 0.717) is 18.0 Å². The van der Waals surface area contributed by atoms with Crippen LogP contribution in [0.25, 0.3) is 0 Å². The summed E-state index contributed by atoms with van der Waals surface area (Å²) in [6.45, 7) is 3.45. The van der Waals surface area contributed by atoms with Crippen molar-refractivity contribution < 1.29 is 9.53 Å². The summed E-state index contributed by atoms with van der Waals surface area (Å²) < 4.78 is 5.34. The lowest BCUT2D eigenvalue weighted by Crippen LogP contribution is -2.39. The number of anilines is 1. The molecule has 2 aromatic rings. The summed E-state index contributed by atoms with van der Waals surface area (Å²) in [5.74, 6) is 1.41. The largest absolute Gasteiger partial charge is 0.495 e. The molecule has 0 unspecified atom stereocenters. The lowest BCUT2D eigenvalue weighted by molar-refractivity contribution is -0.120. The minimum atomic E-state index is -0.168. The summed E-state index contributed by atoms with van der Waals surface area (Å²) in [7, 11) is 1.61. The van der Waals surface area contributed by atoms with Crippen LogP contribution in [0.3, 0.4) is 0 Å². The number of amides is 1. The van der Waals surface area contributed by atoms with Crippen molar-refractivity contribution in [1.29, 1.82) is 0 Å². The molecule has 3 rings (SSSR count). The Morgan fingerprint density at radius 1 is 1.38 bits per heavy atom. The molecule has 1 fully saturated rings. The van der Waals surface area contributed by atoms with Crippen molar-refractivity contribution in [2.24, 2.45) is 0 Å². The van der Waals surface area contributed by atoms with Crippen molar-refractivity contribution >= 4 is 11.6 Å². The first-order valence-electron chi connectivity index (χ1n) is 8.13. The highest BCUT2D eigenvalue weighted by Gasteiger charge is 2.31. The van der Waals surface area contributed by atoms with E-state index in [9.17, 15) is 4.79 Å². The van der Waals surface area contributed by atoms with Crippen molar-refractivity contribution in [3.05, 3.63) is 48.0 Å². The molecule has 0 bridgehead atoms. The van der Waals surface area contributed by atoms with Crippen LogP contribution < -0.4 is 10.1 Å². The standard InChI is InChI=1S/C18H22N4O2/c1-13-6-7-16(24-2)14(11-13)21-18(23)15-5-3-10-22(15)12-17-19-8-4-9-20-17/h4,6-9,11,15H,3,5,10,12H2,1-2H3,(H,21,23)/t15-/m0/s1. The van der Waals surface area contributed by atoms with Gasteiger partial charge in [0.2, 0.25) is 5.91 Å². The number of aryl methyl sites for hydroxylation is 1. The zero-order valence-corrected chi connectivity index (χ0v) is 14.0. The van der Waals surface area contributed by atoms with Gasteiger partial charge in [-0.2, -0.15) is 0 Å². The maximum absolute atomic E-state index is 12.7. The van der Waals surface area contributed by atoms with Gasteiger partial charge in [0.05, 0.1) is 25.4 Å². The van der Waals surface area contributed by atoms with E-state index in [1.54, 1.807) is 25.6 Å². The summed E-state index contributed by atoms with van der Waals surface area (Å²) >= 11 is 0. The van der Waals surface area contributed by atoms with E-state index >= 15 is 0 Å². The van der Waals surface area contributed by atoms with Crippen molar-refractivity contribution in [1.82, 2.24) is 14.9 Å². The fourth-order valence-electron chi connectivity index (χ4n) is 3.04. The maximum Gasteiger partial charge on any atom is 0.241 e. The number of carbonyl (C=O) groups excluding carboxylic acids is 1. The quantitative estimate of drug-likeness (QED) is 0.914. The summed E-state index contributed by atoms with van der Waals surface area (Å²) in [4.78, 5) is 23.4. The Kier molecular flexibility index (Phi) is 5.05. The number of hydrogen-bond acceptors (Lipinski definition) is 5. The van der Waals surface area contributed by atoms with E-state index in [-0.39, 0.29) is 11.9 Å². The van der Waals surface area contributed by atoms with Crippen molar-refractivity contribution in [3.63, 3.8) is 0 Å². The second-order valence-corrected chi connectivity index (χ2v) is 5.99. The molecule has 1 aromatic heterocycles. The van der Waals surface area contributed by atoms with Crippen LogP contribution in [0.2, 0.25) is 0 Å². The normalized spacial score (nSPS) is 17.7. The van der Waals surface area contributed by atoms with Gasteiger partial charge in [0, 0.05) is 12.4 Å². The number of rotatable bonds is 5. The molecule has 6 nitrogen and oxygen atoms in total. The maximum atomic E-state index is 12.7. The molecule has 126 valence electrons. The van der Waals surface area contributed by atoms with E-state index < -0.39 is 0 Å². The second kappa shape index (κ2) is 7.40. The Bertz CT molecular complexity index is 705. The summed E-state index contributed by atoms with van der Waals surface area (Å²) in [6, 6.07) is 7.38. The van der Waals surface area contributed by atoms with Crippen LogP contribution in [0.15, 0.2) is 36.7 Å². The fourth-order valence-corrected chi connectivity index (χ4v) is 3.04. The Labute approximate surface area is 141 Å². The highest BCUT2D eigenvalue weighted by Crippen LogP contribution is 2.27. The zero-order chi connectivity index (χ0) is 16.9. The molecule has 24 heavy (non-hydrogen) atoms. The number of likely N-dealkylation sites (tertiary alicyclic amines) is 1. The van der Waals surface area contributed by atoms with Gasteiger partial charge in [0.15, 0.2) is 0 Å². The van der Waals surface area contributed by atoms with Crippen LogP contribution in [0.5, 0.6) is 5.75 Å². The molecule has 1 amide bonds. The molecule has 0 radical (unpaired) electrons. The SMILES string of the molecule is COc1ccc(C)cc1NC(=O)[C@@H]1CCCN1Cc1ncccn1. The molecule has 0 saturated carbocycles. The van der Waals surface area contributed by atoms with Crippen molar-refractivity contribution in [3.8, 4) is 5.75 Å². The number of benzene rings is 1. The van der Waals surface area contributed by atoms with Crippen LogP contribution in [0.4, 0.5) is 5.69 Å². The lowest BCUT2D eigenvalue weighted by Gasteiger charge is -2.23. The Morgan fingerprint density at radius 3 is 2.92 bits per heavy atom. The third kappa shape index (κ3) is 3.71. The number of methoxy groups -OCH3 is 1. The third-order valence-corrected chi connectivity index (χ3v) is 4.24. The van der Waals surface area contributed by atoms with Gasteiger partial charge < -0.3 is 10.1 Å². The number of carbonyl (C=O) groups is 1. The summed E-state index contributed by atoms with van der Waals surface area (Å²) in [5, 5.41) is 3.01. The molecular formula is C18H22N4O2. The minimum absolute atomic E-state index is 0.00710. The van der Waals surface area contributed by atoms with Gasteiger partial charge in [-0.1, -0.05) is 6.07 Å². The third-order valence-electron chi connectivity index (χ3n) is 4.24. The Balaban J connectivity index is 1.71. The fraction of sp³-hybridized carbons (Fsp3) is 0.389. The van der Waals surface area contributed by atoms with Crippen molar-refractivity contribution in [2.75, 3.05) is 19.0 Å². The minimum Gasteiger partial charge on any atom is -0.495 e. The molecular weight excluding hydrogens is 304 g/mol. The molecule has 1 aliphatic heterocycles. The molecule has 6 heteroatoms. The number of nitrogens with zero attached hydrogens (tertiary/aromatic N) is 3. The molecule has 1 aromatic carbocycles. The van der Waals surface area contributed by atoms with E-state index in [0.717, 1.165) is 30.8 Å². The number of ether oxygens (including phenoxy) is 1. The molecule has 1 aliphatic rings. The Hall–Kier alpha value is -2.47. The summed E-state index contributed by atoms with van der Waals surface area (Å²) in [5.41, 5.74) is 1.79. The smallest absolute Gasteiger partial charge is 0.241 e. The van der Waals surface area contributed by atoms with E-state index in [2.05, 4.69) is 20.2 Å². The van der Waals surface area contributed by atoms with Gasteiger partial charge in [0.1, 0.15) is 11.6 Å². The molecule has 0 spiro atoms. The molecule has 1 atom stereocenters. The highest BCUT2D eigenvalue weighted by molar-refractivity contribution is 5.96. The van der Waals surface area contributed by atoms with Crippen LogP contribution in [0.1, 0.15) is 24.2 Å². The molecule has 1 saturated heterocycles. The topological polar surface area (TPSA) is 67.3 Å². The van der Waals surface area contributed by atoms with Crippen LogP contribution >= 0.6 is 0 Å². The predicted octanol–water partition coefficient (Wildman–Crippen LogP) is 2.40. The van der Waals surface area contributed by atoms with Gasteiger partial charge in [-0.25, -0.2) is 9.97 Å². The average Bonchev–Trinajstić information content (AvgIpc) is 3.04. The Morgan fingerprint density at radius 2 is 2.17 bits per heavy atom. The van der Waals surface area contributed by atoms with Gasteiger partial charge in [-0.05, 0) is 50.1 Å². The summed E-state index contributed by atoms with van der Waals surface area (Å²) in [6.07, 6.45) is 5.29. The monoisotopic (exact) mass is 326 g/mol. The van der Waals surface area contributed by atoms with E-state index in [4.69, 9.17) is 4.74 Å². The van der Waals surface area contributed by atoms with Crippen LogP contribution in [0, 0.1) is 6.92 Å². The lowest BCUT2D eigenvalue weighted by atomic mass is 10.1. The van der Waals surface area contributed by atoms with Crippen LogP contribution in [-0.2, 0) is 11.3 Å². The number of nitrogens with one attached hydrogen (secondary N) is 1. The highest BCUT2D eigenvalue weighted by atomic mass is 16.5. The first-order valence-corrected chi connectivity index (χ1v) is 8.13. The second-order valence-electron chi connectivity index (χ2n) is 5.99. The first-order chi connectivity index (χ1) is 11.7. The van der Waals surface area contributed by atoms with Gasteiger partial charge >= 0.3 is 0 Å². The van der Waals surface area contributed by atoms with E-state index in [1.165, 1.54) is 0 Å². The van der Waals surface area contributed by atoms with Gasteiger partial charge in [-0.3, -0.25) is 9.69 Å². The number of hydrogen-bond donors (Lipinski definition) is 1. The van der Waals surface area contributed by atoms with Crippen LogP contribution in [-0.4, -0.2) is 40.5 Å². The predicted molar refractivity (Wildman–Crippen MR) is 91.8 cm³/mol. The molecule has 1 N–H and O–H groups in total. The van der Waals surface area contributed by atoms with Crippen molar-refractivity contribution in [2.45, 2.75) is 32.4 Å². The van der Waals surface area contributed by atoms with Gasteiger partial charge in [-0.15, -0.1) is 0 Å². The van der Waals surface area contributed by atoms with E-state index in [1.807, 2.05) is 25.1 Å². The first kappa shape index (κ1) is 16.4. The zero-order valence-electron chi connectivity index (χ0n) is 14.0.